The van der Waals surface area contributed by atoms with E-state index in [9.17, 15) is 9.59 Å². The number of ether oxygens (including phenoxy) is 1. The summed E-state index contributed by atoms with van der Waals surface area (Å²) in [6.07, 6.45) is 0.863. The lowest BCUT2D eigenvalue weighted by Crippen LogP contribution is -2.47. The van der Waals surface area contributed by atoms with Gasteiger partial charge in [-0.25, -0.2) is 4.79 Å². The molecule has 2 unspecified atom stereocenters. The average Bonchev–Trinajstić information content (AvgIpc) is 2.56. The highest BCUT2D eigenvalue weighted by Gasteiger charge is 2.43. The molecule has 0 aliphatic carbocycles. The summed E-state index contributed by atoms with van der Waals surface area (Å²) < 4.78 is 4.76. The van der Waals surface area contributed by atoms with Crippen LogP contribution in [0.5, 0.6) is 0 Å². The number of carbonyl (C=O) groups is 2. The zero-order valence-electron chi connectivity index (χ0n) is 10.7. The summed E-state index contributed by atoms with van der Waals surface area (Å²) in [5, 5.41) is 0. The number of carbonyl (C=O) groups excluding carboxylic acids is 2. The van der Waals surface area contributed by atoms with Crippen LogP contribution in [-0.2, 0) is 14.3 Å². The Morgan fingerprint density at radius 2 is 1.88 bits per heavy atom. The molecule has 0 spiro atoms. The predicted molar refractivity (Wildman–Crippen MR) is 60.8 cm³/mol. The van der Waals surface area contributed by atoms with Crippen LogP contribution < -0.4 is 0 Å². The number of likely N-dealkylation sites (tertiary alicyclic amines) is 1. The SMILES string of the molecule is COC(=O)C1C(C)CCN1C(=O)C(C)(C)C. The molecule has 0 aromatic rings. The van der Waals surface area contributed by atoms with Crippen LogP contribution in [0.15, 0.2) is 0 Å². The van der Waals surface area contributed by atoms with E-state index in [1.807, 2.05) is 27.7 Å². The van der Waals surface area contributed by atoms with Gasteiger partial charge in [0.25, 0.3) is 0 Å². The van der Waals surface area contributed by atoms with Crippen LogP contribution in [0.1, 0.15) is 34.1 Å². The molecule has 1 fully saturated rings. The van der Waals surface area contributed by atoms with Crippen molar-refractivity contribution in [3.8, 4) is 0 Å². The van der Waals surface area contributed by atoms with Crippen molar-refractivity contribution in [2.45, 2.75) is 40.2 Å². The van der Waals surface area contributed by atoms with Gasteiger partial charge in [0.15, 0.2) is 0 Å². The third-order valence-corrected chi connectivity index (χ3v) is 3.05. The maximum atomic E-state index is 12.2. The van der Waals surface area contributed by atoms with E-state index >= 15 is 0 Å². The molecule has 1 amide bonds. The zero-order valence-corrected chi connectivity index (χ0v) is 10.7. The smallest absolute Gasteiger partial charge is 0.328 e. The Labute approximate surface area is 96.9 Å². The molecule has 1 aliphatic rings. The number of rotatable bonds is 1. The minimum Gasteiger partial charge on any atom is -0.467 e. The first-order valence-corrected chi connectivity index (χ1v) is 5.68. The van der Waals surface area contributed by atoms with Gasteiger partial charge in [0.2, 0.25) is 5.91 Å². The first-order valence-electron chi connectivity index (χ1n) is 5.68. The number of nitrogens with zero attached hydrogens (tertiary/aromatic N) is 1. The summed E-state index contributed by atoms with van der Waals surface area (Å²) >= 11 is 0. The third kappa shape index (κ3) is 2.36. The van der Waals surface area contributed by atoms with Crippen LogP contribution >= 0.6 is 0 Å². The fourth-order valence-electron chi connectivity index (χ4n) is 2.09. The highest BCUT2D eigenvalue weighted by Crippen LogP contribution is 2.29. The van der Waals surface area contributed by atoms with Gasteiger partial charge in [0.1, 0.15) is 6.04 Å². The number of hydrogen-bond acceptors (Lipinski definition) is 3. The molecule has 1 rings (SSSR count). The second-order valence-corrected chi connectivity index (χ2v) is 5.48. The molecule has 1 aliphatic heterocycles. The maximum absolute atomic E-state index is 12.2. The summed E-state index contributed by atoms with van der Waals surface area (Å²) in [5.74, 6) is -0.103. The molecule has 4 nitrogen and oxygen atoms in total. The molecular weight excluding hydrogens is 206 g/mol. The summed E-state index contributed by atoms with van der Waals surface area (Å²) in [4.78, 5) is 25.5. The fraction of sp³-hybridized carbons (Fsp3) is 0.833. The summed E-state index contributed by atoms with van der Waals surface area (Å²) in [6, 6.07) is -0.406. The largest absolute Gasteiger partial charge is 0.467 e. The molecular formula is C12H21NO3. The van der Waals surface area contributed by atoms with E-state index in [-0.39, 0.29) is 17.8 Å². The van der Waals surface area contributed by atoms with E-state index in [2.05, 4.69) is 0 Å². The second-order valence-electron chi connectivity index (χ2n) is 5.48. The van der Waals surface area contributed by atoms with Crippen LogP contribution in [-0.4, -0.2) is 36.5 Å². The van der Waals surface area contributed by atoms with Crippen LogP contribution in [0.4, 0.5) is 0 Å². The zero-order chi connectivity index (χ0) is 12.5. The van der Waals surface area contributed by atoms with Crippen molar-refractivity contribution in [1.82, 2.24) is 4.90 Å². The van der Waals surface area contributed by atoms with Gasteiger partial charge in [-0.1, -0.05) is 27.7 Å². The molecule has 16 heavy (non-hydrogen) atoms. The maximum Gasteiger partial charge on any atom is 0.328 e. The first kappa shape index (κ1) is 13.0. The minimum atomic E-state index is -0.448. The molecule has 4 heteroatoms. The Morgan fingerprint density at radius 1 is 1.31 bits per heavy atom. The molecule has 0 N–H and O–H groups in total. The third-order valence-electron chi connectivity index (χ3n) is 3.05. The first-order chi connectivity index (χ1) is 7.29. The summed E-state index contributed by atoms with van der Waals surface area (Å²) in [6.45, 7) is 8.24. The molecule has 0 saturated carbocycles. The van der Waals surface area contributed by atoms with Crippen LogP contribution in [0.3, 0.4) is 0 Å². The van der Waals surface area contributed by atoms with Crippen molar-refractivity contribution in [2.24, 2.45) is 11.3 Å². The van der Waals surface area contributed by atoms with E-state index in [4.69, 9.17) is 4.74 Å². The van der Waals surface area contributed by atoms with Crippen molar-refractivity contribution in [3.05, 3.63) is 0 Å². The van der Waals surface area contributed by atoms with Crippen LogP contribution in [0.2, 0.25) is 0 Å². The standard InChI is InChI=1S/C12H21NO3/c1-8-6-7-13(9(8)10(14)16-5)11(15)12(2,3)4/h8-9H,6-7H2,1-5H3. The van der Waals surface area contributed by atoms with Crippen molar-refractivity contribution in [2.75, 3.05) is 13.7 Å². The van der Waals surface area contributed by atoms with Crippen LogP contribution in [0, 0.1) is 11.3 Å². The lowest BCUT2D eigenvalue weighted by atomic mass is 9.93. The van der Waals surface area contributed by atoms with Crippen molar-refractivity contribution in [3.63, 3.8) is 0 Å². The van der Waals surface area contributed by atoms with Gasteiger partial charge < -0.3 is 9.64 Å². The van der Waals surface area contributed by atoms with Gasteiger partial charge in [-0.2, -0.15) is 0 Å². The van der Waals surface area contributed by atoms with Crippen molar-refractivity contribution >= 4 is 11.9 Å². The van der Waals surface area contributed by atoms with E-state index in [0.717, 1.165) is 6.42 Å². The molecule has 0 aromatic heterocycles. The molecule has 0 radical (unpaired) electrons. The summed E-state index contributed by atoms with van der Waals surface area (Å²) in [7, 11) is 1.37. The molecule has 1 heterocycles. The number of methoxy groups -OCH3 is 1. The van der Waals surface area contributed by atoms with Gasteiger partial charge in [-0.3, -0.25) is 4.79 Å². The highest BCUT2D eigenvalue weighted by molar-refractivity contribution is 5.88. The molecule has 1 saturated heterocycles. The normalized spacial score (nSPS) is 25.7. The Morgan fingerprint density at radius 3 is 2.31 bits per heavy atom. The predicted octanol–water partition coefficient (Wildman–Crippen LogP) is 1.44. The number of hydrogen-bond donors (Lipinski definition) is 0. The van der Waals surface area contributed by atoms with Gasteiger partial charge in [0, 0.05) is 12.0 Å². The fourth-order valence-corrected chi connectivity index (χ4v) is 2.09. The Kier molecular flexibility index (Phi) is 3.61. The second kappa shape index (κ2) is 4.44. The number of esters is 1. The lowest BCUT2D eigenvalue weighted by molar-refractivity contribution is -0.155. The Bertz CT molecular complexity index is 293. The quantitative estimate of drug-likeness (QED) is 0.637. The Balaban J connectivity index is 2.88. The summed E-state index contributed by atoms with van der Waals surface area (Å²) in [5.41, 5.74) is -0.448. The molecule has 92 valence electrons. The molecule has 2 atom stereocenters. The minimum absolute atomic E-state index is 0.0206. The average molecular weight is 227 g/mol. The van der Waals surface area contributed by atoms with Crippen molar-refractivity contribution in [1.29, 1.82) is 0 Å². The lowest BCUT2D eigenvalue weighted by Gasteiger charge is -2.30. The molecule has 0 bridgehead atoms. The monoisotopic (exact) mass is 227 g/mol. The van der Waals surface area contributed by atoms with E-state index in [1.165, 1.54) is 7.11 Å². The topological polar surface area (TPSA) is 46.6 Å². The number of amides is 1. The van der Waals surface area contributed by atoms with Crippen LogP contribution in [0.25, 0.3) is 0 Å². The van der Waals surface area contributed by atoms with Gasteiger partial charge >= 0.3 is 5.97 Å². The Hall–Kier alpha value is -1.06. The van der Waals surface area contributed by atoms with Gasteiger partial charge in [0.05, 0.1) is 7.11 Å². The van der Waals surface area contributed by atoms with E-state index in [0.29, 0.717) is 6.54 Å². The molecule has 0 aromatic carbocycles. The highest BCUT2D eigenvalue weighted by atomic mass is 16.5. The van der Waals surface area contributed by atoms with Gasteiger partial charge in [-0.05, 0) is 12.3 Å². The van der Waals surface area contributed by atoms with E-state index < -0.39 is 11.5 Å². The van der Waals surface area contributed by atoms with Gasteiger partial charge in [-0.15, -0.1) is 0 Å². The van der Waals surface area contributed by atoms with Crippen molar-refractivity contribution < 1.29 is 14.3 Å². The van der Waals surface area contributed by atoms with E-state index in [1.54, 1.807) is 4.90 Å².